The smallest absolute Gasteiger partial charge is 0.322 e. The fraction of sp³-hybridized carbons (Fsp3) is 0.200. The van der Waals surface area contributed by atoms with Gasteiger partial charge >= 0.3 is 6.18 Å². The van der Waals surface area contributed by atoms with Crippen molar-refractivity contribution >= 4 is 11.6 Å². The van der Waals surface area contributed by atoms with Crippen molar-refractivity contribution in [1.82, 2.24) is 25.0 Å². The molecule has 2 aromatic heterocycles. The Labute approximate surface area is 139 Å². The van der Waals surface area contributed by atoms with Gasteiger partial charge in [-0.05, 0) is 19.1 Å². The number of anilines is 1. The van der Waals surface area contributed by atoms with Crippen molar-refractivity contribution in [3.05, 3.63) is 48.0 Å². The highest BCUT2D eigenvalue weighted by Crippen LogP contribution is 2.21. The second-order valence-electron chi connectivity index (χ2n) is 5.31. The predicted molar refractivity (Wildman–Crippen MR) is 82.8 cm³/mol. The molecule has 0 saturated carbocycles. The summed E-state index contributed by atoms with van der Waals surface area (Å²) >= 11 is 0. The fourth-order valence-corrected chi connectivity index (χ4v) is 2.29. The van der Waals surface area contributed by atoms with Gasteiger partial charge in [0.1, 0.15) is 12.9 Å². The number of carbonyl (C=O) groups excluding carboxylic acids is 1. The molecule has 2 heterocycles. The largest absolute Gasteiger partial charge is 0.408 e. The maximum absolute atomic E-state index is 12.4. The number of benzene rings is 1. The van der Waals surface area contributed by atoms with Crippen LogP contribution in [0.2, 0.25) is 0 Å². The van der Waals surface area contributed by atoms with Gasteiger partial charge in [-0.3, -0.25) is 14.6 Å². The van der Waals surface area contributed by atoms with Crippen molar-refractivity contribution in [2.24, 2.45) is 0 Å². The minimum Gasteiger partial charge on any atom is -0.322 e. The van der Waals surface area contributed by atoms with Crippen molar-refractivity contribution in [2.45, 2.75) is 19.6 Å². The summed E-state index contributed by atoms with van der Waals surface area (Å²) in [5.74, 6) is -0.00841. The number of H-pyrrole nitrogens is 1. The van der Waals surface area contributed by atoms with Crippen molar-refractivity contribution in [3.63, 3.8) is 0 Å². The zero-order valence-corrected chi connectivity index (χ0v) is 13.0. The first-order valence-electron chi connectivity index (χ1n) is 7.20. The van der Waals surface area contributed by atoms with E-state index in [4.69, 9.17) is 0 Å². The topological polar surface area (TPSA) is 88.5 Å². The summed E-state index contributed by atoms with van der Waals surface area (Å²) < 4.78 is 38.0. The Morgan fingerprint density at radius 2 is 2.16 bits per heavy atom. The summed E-state index contributed by atoms with van der Waals surface area (Å²) in [5, 5.41) is 12.8. The van der Waals surface area contributed by atoms with E-state index in [0.29, 0.717) is 21.8 Å². The molecule has 0 fully saturated rings. The first-order chi connectivity index (χ1) is 11.8. The SMILES string of the molecule is Cc1nn(CC(F)(F)F)cc1C(=O)Nc1cccc(-c2ncn[nH]2)c1. The van der Waals surface area contributed by atoms with Gasteiger partial charge in [0.2, 0.25) is 0 Å². The quantitative estimate of drug-likeness (QED) is 0.757. The second-order valence-corrected chi connectivity index (χ2v) is 5.31. The van der Waals surface area contributed by atoms with E-state index < -0.39 is 18.6 Å². The van der Waals surface area contributed by atoms with E-state index in [2.05, 4.69) is 25.6 Å². The number of nitrogens with zero attached hydrogens (tertiary/aromatic N) is 4. The van der Waals surface area contributed by atoms with Gasteiger partial charge in [0.15, 0.2) is 5.82 Å². The Bertz CT molecular complexity index is 885. The Hall–Kier alpha value is -3.17. The number of carbonyl (C=O) groups is 1. The summed E-state index contributed by atoms with van der Waals surface area (Å²) in [5.41, 5.74) is 1.48. The highest BCUT2D eigenvalue weighted by Gasteiger charge is 2.29. The number of hydrogen-bond donors (Lipinski definition) is 2. The summed E-state index contributed by atoms with van der Waals surface area (Å²) in [6.07, 6.45) is -1.96. The van der Waals surface area contributed by atoms with Gasteiger partial charge < -0.3 is 5.32 Å². The molecule has 0 saturated heterocycles. The number of rotatable bonds is 4. The van der Waals surface area contributed by atoms with Crippen LogP contribution >= 0.6 is 0 Å². The molecule has 0 atom stereocenters. The molecule has 0 bridgehead atoms. The molecule has 1 amide bonds. The van der Waals surface area contributed by atoms with Crippen LogP contribution in [0.4, 0.5) is 18.9 Å². The highest BCUT2D eigenvalue weighted by atomic mass is 19.4. The maximum Gasteiger partial charge on any atom is 0.408 e. The molecule has 1 aromatic carbocycles. The number of alkyl halides is 3. The van der Waals surface area contributed by atoms with Crippen molar-refractivity contribution in [1.29, 1.82) is 0 Å². The Morgan fingerprint density at radius 1 is 1.36 bits per heavy atom. The lowest BCUT2D eigenvalue weighted by Gasteiger charge is -2.06. The number of hydrogen-bond acceptors (Lipinski definition) is 4. The zero-order valence-electron chi connectivity index (χ0n) is 13.0. The molecule has 3 aromatic rings. The molecule has 0 spiro atoms. The minimum absolute atomic E-state index is 0.0781. The van der Waals surface area contributed by atoms with Crippen molar-refractivity contribution in [3.8, 4) is 11.4 Å². The van der Waals surface area contributed by atoms with Crippen LogP contribution in [0.5, 0.6) is 0 Å². The lowest BCUT2D eigenvalue weighted by Crippen LogP contribution is -2.18. The lowest BCUT2D eigenvalue weighted by molar-refractivity contribution is -0.142. The molecule has 130 valence electrons. The van der Waals surface area contributed by atoms with Crippen LogP contribution in [0.15, 0.2) is 36.8 Å². The predicted octanol–water partition coefficient (Wildman–Crippen LogP) is 2.79. The Kier molecular flexibility index (Phi) is 4.26. The van der Waals surface area contributed by atoms with Gasteiger partial charge in [0, 0.05) is 17.4 Å². The second kappa shape index (κ2) is 6.38. The standard InChI is InChI=1S/C15H13F3N6O/c1-9-12(6-24(23-9)7-15(16,17)18)14(25)21-11-4-2-3-10(5-11)13-19-8-20-22-13/h2-6,8H,7H2,1H3,(H,21,25)(H,19,20,22). The minimum atomic E-state index is -4.41. The Balaban J connectivity index is 1.78. The molecule has 3 rings (SSSR count). The number of amides is 1. The Morgan fingerprint density at radius 3 is 2.84 bits per heavy atom. The average Bonchev–Trinajstić information content (AvgIpc) is 3.15. The van der Waals surface area contributed by atoms with Crippen LogP contribution in [0, 0.1) is 6.92 Å². The highest BCUT2D eigenvalue weighted by molar-refractivity contribution is 6.05. The van der Waals surface area contributed by atoms with E-state index in [-0.39, 0.29) is 11.3 Å². The van der Waals surface area contributed by atoms with Gasteiger partial charge in [-0.1, -0.05) is 12.1 Å². The number of aromatic nitrogens is 5. The van der Waals surface area contributed by atoms with E-state index in [0.717, 1.165) is 6.20 Å². The summed E-state index contributed by atoms with van der Waals surface area (Å²) in [4.78, 5) is 16.3. The van der Waals surface area contributed by atoms with Gasteiger partial charge in [-0.25, -0.2) is 4.98 Å². The third-order valence-electron chi connectivity index (χ3n) is 3.34. The molecule has 0 aliphatic heterocycles. The molecule has 0 aliphatic rings. The third kappa shape index (κ3) is 4.03. The third-order valence-corrected chi connectivity index (χ3v) is 3.34. The molecule has 25 heavy (non-hydrogen) atoms. The number of aryl methyl sites for hydroxylation is 1. The maximum atomic E-state index is 12.4. The molecule has 7 nitrogen and oxygen atoms in total. The molecule has 2 N–H and O–H groups in total. The van der Waals surface area contributed by atoms with Crippen LogP contribution in [0.3, 0.4) is 0 Å². The normalized spacial score (nSPS) is 11.5. The summed E-state index contributed by atoms with van der Waals surface area (Å²) in [7, 11) is 0. The number of nitrogens with one attached hydrogen (secondary N) is 2. The zero-order chi connectivity index (χ0) is 18.0. The first-order valence-corrected chi connectivity index (χ1v) is 7.20. The average molecular weight is 350 g/mol. The van der Waals surface area contributed by atoms with Gasteiger partial charge in [0.05, 0.1) is 11.3 Å². The van der Waals surface area contributed by atoms with E-state index in [1.165, 1.54) is 13.3 Å². The van der Waals surface area contributed by atoms with Crippen LogP contribution in [-0.2, 0) is 6.54 Å². The number of halogens is 3. The molecule has 0 aliphatic carbocycles. The van der Waals surface area contributed by atoms with E-state index >= 15 is 0 Å². The first kappa shape index (κ1) is 16.7. The molecule has 0 unspecified atom stereocenters. The number of aromatic amines is 1. The van der Waals surface area contributed by atoms with Crippen LogP contribution < -0.4 is 5.32 Å². The van der Waals surface area contributed by atoms with Crippen molar-refractivity contribution < 1.29 is 18.0 Å². The van der Waals surface area contributed by atoms with Crippen LogP contribution in [0.1, 0.15) is 16.1 Å². The van der Waals surface area contributed by atoms with Gasteiger partial charge in [-0.2, -0.15) is 23.4 Å². The van der Waals surface area contributed by atoms with E-state index in [1.807, 2.05) is 0 Å². The molecule has 0 radical (unpaired) electrons. The van der Waals surface area contributed by atoms with E-state index in [1.54, 1.807) is 24.3 Å². The molecular weight excluding hydrogens is 337 g/mol. The van der Waals surface area contributed by atoms with Gasteiger partial charge in [-0.15, -0.1) is 0 Å². The lowest BCUT2D eigenvalue weighted by atomic mass is 10.2. The molecule has 10 heteroatoms. The van der Waals surface area contributed by atoms with Crippen LogP contribution in [-0.4, -0.2) is 37.0 Å². The fourth-order valence-electron chi connectivity index (χ4n) is 2.29. The van der Waals surface area contributed by atoms with Gasteiger partial charge in [0.25, 0.3) is 5.91 Å². The monoisotopic (exact) mass is 350 g/mol. The van der Waals surface area contributed by atoms with Crippen LogP contribution in [0.25, 0.3) is 11.4 Å². The molecular formula is C15H13F3N6O. The summed E-state index contributed by atoms with van der Waals surface area (Å²) in [6, 6.07) is 6.83. The van der Waals surface area contributed by atoms with Crippen molar-refractivity contribution in [2.75, 3.05) is 5.32 Å². The van der Waals surface area contributed by atoms with E-state index in [9.17, 15) is 18.0 Å². The summed E-state index contributed by atoms with van der Waals surface area (Å²) in [6.45, 7) is 0.231.